The zero-order chi connectivity index (χ0) is 15.2. The van der Waals surface area contributed by atoms with Gasteiger partial charge in [0.05, 0.1) is 6.54 Å². The number of nitrogens with two attached hydrogens (primary N) is 1. The average Bonchev–Trinajstić information content (AvgIpc) is 3.06. The number of hydrogen-bond acceptors (Lipinski definition) is 4. The van der Waals surface area contributed by atoms with Gasteiger partial charge in [-0.3, -0.25) is 0 Å². The second-order valence-electron chi connectivity index (χ2n) is 6.34. The molecule has 0 unspecified atom stereocenters. The number of anilines is 1. The maximum absolute atomic E-state index is 6.06. The minimum atomic E-state index is 0.357. The van der Waals surface area contributed by atoms with Crippen LogP contribution < -0.4 is 5.73 Å². The smallest absolute Gasteiger partial charge is 0.182 e. The van der Waals surface area contributed by atoms with E-state index in [9.17, 15) is 0 Å². The molecule has 21 heavy (non-hydrogen) atoms. The Morgan fingerprint density at radius 3 is 2.71 bits per heavy atom. The first-order valence-corrected chi connectivity index (χ1v) is 8.04. The minimum absolute atomic E-state index is 0.357. The van der Waals surface area contributed by atoms with Gasteiger partial charge in [0.25, 0.3) is 0 Å². The molecule has 1 aromatic heterocycles. The van der Waals surface area contributed by atoms with Crippen molar-refractivity contribution in [2.75, 3.05) is 5.73 Å². The maximum atomic E-state index is 6.06. The third kappa shape index (κ3) is 2.57. The molecule has 5 nitrogen and oxygen atoms in total. The first kappa shape index (κ1) is 14.5. The molecule has 0 bridgehead atoms. The second-order valence-corrected chi connectivity index (χ2v) is 7.26. The van der Waals surface area contributed by atoms with Gasteiger partial charge >= 0.3 is 0 Å². The van der Waals surface area contributed by atoms with E-state index in [1.165, 1.54) is 12.8 Å². The Balaban J connectivity index is 2.00. The van der Waals surface area contributed by atoms with Crippen LogP contribution in [0.25, 0.3) is 11.4 Å². The highest BCUT2D eigenvalue weighted by Crippen LogP contribution is 2.53. The Morgan fingerprint density at radius 2 is 2.10 bits per heavy atom. The normalized spacial score (nSPS) is 16.4. The van der Waals surface area contributed by atoms with Crippen molar-refractivity contribution < 1.29 is 0 Å². The van der Waals surface area contributed by atoms with Crippen LogP contribution in [0.3, 0.4) is 0 Å². The molecule has 1 saturated carbocycles. The van der Waals surface area contributed by atoms with Gasteiger partial charge in [-0.25, -0.2) is 4.68 Å². The van der Waals surface area contributed by atoms with Crippen molar-refractivity contribution in [1.29, 1.82) is 0 Å². The van der Waals surface area contributed by atoms with Gasteiger partial charge in [0.2, 0.25) is 0 Å². The molecule has 0 amide bonds. The summed E-state index contributed by atoms with van der Waals surface area (Å²) in [6.45, 7) is 7.43. The van der Waals surface area contributed by atoms with Gasteiger partial charge in [0, 0.05) is 15.7 Å². The van der Waals surface area contributed by atoms with Crippen LogP contribution in [0.2, 0.25) is 0 Å². The summed E-state index contributed by atoms with van der Waals surface area (Å²) >= 11 is 3.50. The fourth-order valence-corrected chi connectivity index (χ4v) is 3.29. The number of nitrogen functional groups attached to an aromatic ring is 1. The molecule has 0 spiro atoms. The molecule has 1 aliphatic carbocycles. The van der Waals surface area contributed by atoms with E-state index in [0.29, 0.717) is 11.3 Å². The average molecular weight is 350 g/mol. The van der Waals surface area contributed by atoms with Crippen LogP contribution in [0.1, 0.15) is 32.3 Å². The van der Waals surface area contributed by atoms with Gasteiger partial charge < -0.3 is 5.73 Å². The number of rotatable bonds is 4. The van der Waals surface area contributed by atoms with Crippen LogP contribution in [0.4, 0.5) is 5.69 Å². The van der Waals surface area contributed by atoms with Crippen molar-refractivity contribution in [2.24, 2.45) is 11.3 Å². The van der Waals surface area contributed by atoms with E-state index in [4.69, 9.17) is 5.73 Å². The fraction of sp³-hybridized carbons (Fsp3) is 0.533. The summed E-state index contributed by atoms with van der Waals surface area (Å²) in [4.78, 5) is 0. The van der Waals surface area contributed by atoms with Crippen LogP contribution in [0.15, 0.2) is 16.6 Å². The van der Waals surface area contributed by atoms with Gasteiger partial charge in [-0.15, -0.1) is 5.10 Å². The van der Waals surface area contributed by atoms with Crippen molar-refractivity contribution in [3.05, 3.63) is 22.2 Å². The molecular formula is C15H20BrN5. The summed E-state index contributed by atoms with van der Waals surface area (Å²) in [5.41, 5.74) is 9.17. The van der Waals surface area contributed by atoms with Crippen molar-refractivity contribution in [1.82, 2.24) is 20.2 Å². The molecule has 0 aliphatic heterocycles. The maximum Gasteiger partial charge on any atom is 0.182 e. The molecule has 1 aliphatic rings. The topological polar surface area (TPSA) is 69.6 Å². The van der Waals surface area contributed by atoms with E-state index in [2.05, 4.69) is 45.3 Å². The van der Waals surface area contributed by atoms with Crippen LogP contribution in [-0.4, -0.2) is 20.2 Å². The molecule has 0 radical (unpaired) electrons. The number of nitrogens with zero attached hydrogens (tertiary/aromatic N) is 4. The van der Waals surface area contributed by atoms with E-state index in [0.717, 1.165) is 33.7 Å². The molecule has 112 valence electrons. The zero-order valence-corrected chi connectivity index (χ0v) is 14.2. The summed E-state index contributed by atoms with van der Waals surface area (Å²) in [5, 5.41) is 12.3. The Labute approximate surface area is 133 Å². The number of hydrogen-bond donors (Lipinski definition) is 1. The quantitative estimate of drug-likeness (QED) is 0.858. The molecule has 0 atom stereocenters. The van der Waals surface area contributed by atoms with E-state index in [1.54, 1.807) is 0 Å². The molecule has 1 aromatic carbocycles. The molecule has 1 fully saturated rings. The molecule has 2 N–H and O–H groups in total. The lowest BCUT2D eigenvalue weighted by molar-refractivity contribution is 0.294. The third-order valence-corrected chi connectivity index (χ3v) is 5.22. The predicted octanol–water partition coefficient (Wildman–Crippen LogP) is 3.43. The summed E-state index contributed by atoms with van der Waals surface area (Å²) in [6, 6.07) is 3.94. The van der Waals surface area contributed by atoms with E-state index < -0.39 is 0 Å². The van der Waals surface area contributed by atoms with Gasteiger partial charge in [-0.2, -0.15) is 0 Å². The van der Waals surface area contributed by atoms with Crippen molar-refractivity contribution >= 4 is 21.6 Å². The number of aromatic nitrogens is 4. The van der Waals surface area contributed by atoms with Gasteiger partial charge in [0.15, 0.2) is 5.82 Å². The summed E-state index contributed by atoms with van der Waals surface area (Å²) in [5.74, 6) is 1.44. The summed E-state index contributed by atoms with van der Waals surface area (Å²) < 4.78 is 2.88. The Morgan fingerprint density at radius 1 is 1.38 bits per heavy atom. The monoisotopic (exact) mass is 349 g/mol. The van der Waals surface area contributed by atoms with Crippen LogP contribution in [0, 0.1) is 18.3 Å². The van der Waals surface area contributed by atoms with Crippen molar-refractivity contribution in [3.8, 4) is 11.4 Å². The fourth-order valence-electron chi connectivity index (χ4n) is 2.81. The van der Waals surface area contributed by atoms with Gasteiger partial charge in [-0.1, -0.05) is 29.8 Å². The Kier molecular flexibility index (Phi) is 3.51. The van der Waals surface area contributed by atoms with Crippen LogP contribution in [-0.2, 0) is 6.54 Å². The largest absolute Gasteiger partial charge is 0.398 e. The molecule has 2 aromatic rings. The Hall–Kier alpha value is -1.43. The van der Waals surface area contributed by atoms with E-state index in [-0.39, 0.29) is 0 Å². The minimum Gasteiger partial charge on any atom is -0.398 e. The summed E-state index contributed by atoms with van der Waals surface area (Å²) in [6.07, 6.45) is 2.51. The first-order chi connectivity index (χ1) is 9.93. The SMILES string of the molecule is Cc1c(N)cc(Br)cc1-c1nnnn1CC1(C(C)C)CC1. The van der Waals surface area contributed by atoms with Gasteiger partial charge in [-0.05, 0) is 59.2 Å². The lowest BCUT2D eigenvalue weighted by Gasteiger charge is -2.20. The van der Waals surface area contributed by atoms with Gasteiger partial charge in [0.1, 0.15) is 0 Å². The highest BCUT2D eigenvalue weighted by Gasteiger charge is 2.46. The number of tetrazole rings is 1. The predicted molar refractivity (Wildman–Crippen MR) is 86.6 cm³/mol. The van der Waals surface area contributed by atoms with E-state index in [1.807, 2.05) is 23.7 Å². The van der Waals surface area contributed by atoms with Crippen molar-refractivity contribution in [2.45, 2.75) is 40.2 Å². The number of benzene rings is 1. The highest BCUT2D eigenvalue weighted by atomic mass is 79.9. The van der Waals surface area contributed by atoms with Crippen molar-refractivity contribution in [3.63, 3.8) is 0 Å². The lowest BCUT2D eigenvalue weighted by atomic mass is 9.92. The first-order valence-electron chi connectivity index (χ1n) is 7.25. The molecule has 0 saturated heterocycles. The molecule has 1 heterocycles. The third-order valence-electron chi connectivity index (χ3n) is 4.77. The second kappa shape index (κ2) is 5.09. The van der Waals surface area contributed by atoms with Crippen LogP contribution >= 0.6 is 15.9 Å². The molecular weight excluding hydrogens is 330 g/mol. The standard InChI is InChI=1S/C15H20BrN5/c1-9(2)15(4-5-15)8-21-14(18-19-20-21)12-6-11(16)7-13(17)10(12)3/h6-7,9H,4-5,8,17H2,1-3H3. The highest BCUT2D eigenvalue weighted by molar-refractivity contribution is 9.10. The Bertz CT molecular complexity index is 673. The number of halogens is 1. The molecule has 3 rings (SSSR count). The molecule has 6 heteroatoms. The lowest BCUT2D eigenvalue weighted by Crippen LogP contribution is -2.19. The van der Waals surface area contributed by atoms with Crippen LogP contribution in [0.5, 0.6) is 0 Å². The zero-order valence-electron chi connectivity index (χ0n) is 12.6. The van der Waals surface area contributed by atoms with E-state index >= 15 is 0 Å². The summed E-state index contributed by atoms with van der Waals surface area (Å²) in [7, 11) is 0.